The van der Waals surface area contributed by atoms with Crippen LogP contribution in [0.3, 0.4) is 0 Å². The van der Waals surface area contributed by atoms with Gasteiger partial charge in [-0.1, -0.05) is 41.6 Å². The first kappa shape index (κ1) is 20.0. The third-order valence-electron chi connectivity index (χ3n) is 3.59. The van der Waals surface area contributed by atoms with Gasteiger partial charge in [-0.2, -0.15) is 4.99 Å². The fourth-order valence-electron chi connectivity index (χ4n) is 2.35. The minimum absolute atomic E-state index is 0.151. The van der Waals surface area contributed by atoms with Crippen molar-refractivity contribution >= 4 is 46.0 Å². The molecule has 1 aliphatic heterocycles. The Morgan fingerprint density at radius 3 is 2.79 bits per heavy atom. The van der Waals surface area contributed by atoms with Crippen molar-refractivity contribution in [2.24, 2.45) is 10.1 Å². The number of likely N-dealkylation sites (N-methyl/N-ethyl adjacent to an activating group) is 1. The maximum Gasteiger partial charge on any atom is 0.234 e. The van der Waals surface area contributed by atoms with Crippen molar-refractivity contribution in [2.75, 3.05) is 31.8 Å². The molecule has 0 aromatic heterocycles. The Bertz CT molecular complexity index is 905. The molecule has 1 heterocycles. The van der Waals surface area contributed by atoms with Crippen LogP contribution in [0.2, 0.25) is 5.02 Å². The van der Waals surface area contributed by atoms with E-state index in [4.69, 9.17) is 21.1 Å². The highest BCUT2D eigenvalue weighted by Crippen LogP contribution is 2.27. The van der Waals surface area contributed by atoms with E-state index in [0.717, 1.165) is 0 Å². The summed E-state index contributed by atoms with van der Waals surface area (Å²) in [5, 5.41) is 9.71. The van der Waals surface area contributed by atoms with Crippen molar-refractivity contribution in [3.8, 4) is 11.5 Å². The number of nitrogens with zero attached hydrogens (tertiary/aromatic N) is 3. The zero-order valence-electron chi connectivity index (χ0n) is 15.4. The quantitative estimate of drug-likeness (QED) is 0.801. The van der Waals surface area contributed by atoms with E-state index in [-0.39, 0.29) is 11.7 Å². The lowest BCUT2D eigenvalue weighted by molar-refractivity contribution is -0.113. The number of benzene rings is 2. The molecule has 1 N–H and O–H groups in total. The zero-order valence-corrected chi connectivity index (χ0v) is 17.0. The highest BCUT2D eigenvalue weighted by atomic mass is 35.5. The summed E-state index contributed by atoms with van der Waals surface area (Å²) in [7, 11) is 3.36. The number of ether oxygens (including phenoxy) is 2. The SMILES string of the molecule is COc1ccc(NC(=O)CSC2=NN(C)CC(Oc3ccccc3)=N2)cc1Cl. The van der Waals surface area contributed by atoms with Gasteiger partial charge in [0.1, 0.15) is 18.0 Å². The number of carbonyl (C=O) groups is 1. The Balaban J connectivity index is 1.56. The molecule has 7 nitrogen and oxygen atoms in total. The Kier molecular flexibility index (Phi) is 6.78. The first-order chi connectivity index (χ1) is 13.5. The van der Waals surface area contributed by atoms with E-state index < -0.39 is 0 Å². The van der Waals surface area contributed by atoms with Crippen LogP contribution in [0.1, 0.15) is 0 Å². The summed E-state index contributed by atoms with van der Waals surface area (Å²) in [6.07, 6.45) is 0. The van der Waals surface area contributed by atoms with Crippen LogP contribution >= 0.6 is 23.4 Å². The molecule has 9 heteroatoms. The van der Waals surface area contributed by atoms with E-state index >= 15 is 0 Å². The Hall–Kier alpha value is -2.71. The molecule has 0 aliphatic carbocycles. The predicted octanol–water partition coefficient (Wildman–Crippen LogP) is 3.71. The zero-order chi connectivity index (χ0) is 19.9. The maximum atomic E-state index is 12.2. The Morgan fingerprint density at radius 2 is 2.07 bits per heavy atom. The van der Waals surface area contributed by atoms with Crippen molar-refractivity contribution in [1.82, 2.24) is 5.01 Å². The number of amidine groups is 1. The second kappa shape index (κ2) is 9.48. The van der Waals surface area contributed by atoms with E-state index in [2.05, 4.69) is 15.4 Å². The summed E-state index contributed by atoms with van der Waals surface area (Å²) in [6.45, 7) is 0.454. The molecule has 0 radical (unpaired) electrons. The van der Waals surface area contributed by atoms with Crippen LogP contribution in [0.5, 0.6) is 11.5 Å². The van der Waals surface area contributed by atoms with Crippen molar-refractivity contribution in [2.45, 2.75) is 0 Å². The third kappa shape index (κ3) is 5.64. The molecule has 0 fully saturated rings. The summed E-state index contributed by atoms with van der Waals surface area (Å²) in [6, 6.07) is 14.5. The van der Waals surface area contributed by atoms with E-state index in [0.29, 0.717) is 39.8 Å². The molecule has 0 bridgehead atoms. The average Bonchev–Trinajstić information content (AvgIpc) is 2.67. The number of nitrogens with one attached hydrogen (secondary N) is 1. The highest BCUT2D eigenvalue weighted by Gasteiger charge is 2.16. The molecule has 0 spiro atoms. The van der Waals surface area contributed by atoms with Crippen LogP contribution in [0.4, 0.5) is 5.69 Å². The molecule has 146 valence electrons. The molecule has 0 saturated carbocycles. The number of amides is 1. The standard InChI is InChI=1S/C19H19ClN4O3S/c1-24-11-18(27-14-6-4-3-5-7-14)22-19(23-24)28-12-17(25)21-13-8-9-16(26-2)15(20)10-13/h3-10H,11-12H2,1-2H3,(H,21,25). The van der Waals surface area contributed by atoms with E-state index in [9.17, 15) is 4.79 Å². The van der Waals surface area contributed by atoms with Gasteiger partial charge in [0.05, 0.1) is 17.9 Å². The number of rotatable bonds is 5. The monoisotopic (exact) mass is 418 g/mol. The molecule has 0 unspecified atom stereocenters. The number of anilines is 1. The van der Waals surface area contributed by atoms with Crippen LogP contribution in [0, 0.1) is 0 Å². The summed E-state index contributed by atoms with van der Waals surface area (Å²) in [5.74, 6) is 1.73. The van der Waals surface area contributed by atoms with Crippen molar-refractivity contribution in [1.29, 1.82) is 0 Å². The molecule has 2 aromatic carbocycles. The molecule has 28 heavy (non-hydrogen) atoms. The van der Waals surface area contributed by atoms with Crippen LogP contribution in [0.15, 0.2) is 58.6 Å². The minimum atomic E-state index is -0.192. The molecular formula is C19H19ClN4O3S. The van der Waals surface area contributed by atoms with Gasteiger partial charge in [-0.05, 0) is 30.3 Å². The lowest BCUT2D eigenvalue weighted by Gasteiger charge is -2.20. The van der Waals surface area contributed by atoms with E-state index in [1.54, 1.807) is 23.2 Å². The molecular weight excluding hydrogens is 400 g/mol. The van der Waals surface area contributed by atoms with Gasteiger partial charge in [-0.15, -0.1) is 5.10 Å². The number of halogens is 1. The predicted molar refractivity (Wildman–Crippen MR) is 114 cm³/mol. The van der Waals surface area contributed by atoms with E-state index in [1.807, 2.05) is 37.4 Å². The number of carbonyl (C=O) groups excluding carboxylic acids is 1. The normalized spacial score (nSPS) is 13.5. The second-order valence-electron chi connectivity index (χ2n) is 5.81. The highest BCUT2D eigenvalue weighted by molar-refractivity contribution is 8.14. The fraction of sp³-hybridized carbons (Fsp3) is 0.211. The number of hydrogen-bond donors (Lipinski definition) is 1. The van der Waals surface area contributed by atoms with Gasteiger partial charge >= 0.3 is 0 Å². The maximum absolute atomic E-state index is 12.2. The fourth-order valence-corrected chi connectivity index (χ4v) is 3.31. The lowest BCUT2D eigenvalue weighted by Crippen LogP contribution is -2.31. The molecule has 3 rings (SSSR count). The van der Waals surface area contributed by atoms with Crippen molar-refractivity contribution < 1.29 is 14.3 Å². The van der Waals surface area contributed by atoms with Crippen LogP contribution in [0.25, 0.3) is 0 Å². The van der Waals surface area contributed by atoms with Gasteiger partial charge in [0, 0.05) is 12.7 Å². The van der Waals surface area contributed by atoms with E-state index in [1.165, 1.54) is 18.9 Å². The number of para-hydroxylation sites is 1. The average molecular weight is 419 g/mol. The second-order valence-corrected chi connectivity index (χ2v) is 7.15. The number of methoxy groups -OCH3 is 1. The minimum Gasteiger partial charge on any atom is -0.495 e. The van der Waals surface area contributed by atoms with Gasteiger partial charge in [-0.25, -0.2) is 0 Å². The third-order valence-corrected chi connectivity index (χ3v) is 4.72. The van der Waals surface area contributed by atoms with Crippen molar-refractivity contribution in [3.05, 3.63) is 53.6 Å². The smallest absolute Gasteiger partial charge is 0.234 e. The van der Waals surface area contributed by atoms with Crippen LogP contribution in [-0.4, -0.2) is 48.4 Å². The topological polar surface area (TPSA) is 75.5 Å². The number of aliphatic imine (C=N–C) groups is 1. The number of thioether (sulfide) groups is 1. The van der Waals surface area contributed by atoms with Gasteiger partial charge in [0.2, 0.25) is 17.0 Å². The van der Waals surface area contributed by atoms with Gasteiger partial charge in [0.15, 0.2) is 0 Å². The number of hydrazone groups is 1. The Morgan fingerprint density at radius 1 is 1.29 bits per heavy atom. The van der Waals surface area contributed by atoms with Gasteiger partial charge < -0.3 is 14.8 Å². The van der Waals surface area contributed by atoms with Gasteiger partial charge in [0.25, 0.3) is 0 Å². The van der Waals surface area contributed by atoms with Crippen molar-refractivity contribution in [3.63, 3.8) is 0 Å². The van der Waals surface area contributed by atoms with Gasteiger partial charge in [-0.3, -0.25) is 9.80 Å². The Labute approximate surface area is 172 Å². The molecule has 1 amide bonds. The van der Waals surface area contributed by atoms with Crippen LogP contribution < -0.4 is 14.8 Å². The number of hydrogen-bond acceptors (Lipinski definition) is 7. The molecule has 0 saturated heterocycles. The molecule has 0 atom stereocenters. The summed E-state index contributed by atoms with van der Waals surface area (Å²) >= 11 is 7.30. The largest absolute Gasteiger partial charge is 0.495 e. The lowest BCUT2D eigenvalue weighted by atomic mass is 10.3. The summed E-state index contributed by atoms with van der Waals surface area (Å²) in [4.78, 5) is 16.6. The molecule has 1 aliphatic rings. The first-order valence-electron chi connectivity index (χ1n) is 8.40. The summed E-state index contributed by atoms with van der Waals surface area (Å²) in [5.41, 5.74) is 0.593. The van der Waals surface area contributed by atoms with Crippen LogP contribution in [-0.2, 0) is 4.79 Å². The summed E-state index contributed by atoms with van der Waals surface area (Å²) < 4.78 is 10.9. The molecule has 2 aromatic rings. The first-order valence-corrected chi connectivity index (χ1v) is 9.76.